The molecule has 3 heterocycles. The fourth-order valence-electron chi connectivity index (χ4n) is 2.56. The summed E-state index contributed by atoms with van der Waals surface area (Å²) >= 11 is 7.47. The number of benzene rings is 1. The summed E-state index contributed by atoms with van der Waals surface area (Å²) < 4.78 is 21.3. The molecule has 0 atom stereocenters. The predicted octanol–water partition coefficient (Wildman–Crippen LogP) is 4.87. The third-order valence-corrected chi connectivity index (χ3v) is 5.02. The zero-order valence-electron chi connectivity index (χ0n) is 12.1. The first kappa shape index (κ1) is 14.5. The largest absolute Gasteiger partial charge is 0.463 e. The van der Waals surface area contributed by atoms with E-state index in [1.165, 1.54) is 17.8 Å². The van der Waals surface area contributed by atoms with Gasteiger partial charge in [-0.3, -0.25) is 4.40 Å². The summed E-state index contributed by atoms with van der Waals surface area (Å²) in [5.41, 5.74) is 3.08. The number of nitrogens with zero attached hydrogens (tertiary/aromatic N) is 3. The summed E-state index contributed by atoms with van der Waals surface area (Å²) in [6.07, 6.45) is 1.64. The second-order valence-corrected chi connectivity index (χ2v) is 6.45. The minimum absolute atomic E-state index is 0.315. The fourth-order valence-corrected chi connectivity index (χ4v) is 3.84. The average Bonchev–Trinajstić information content (AvgIpc) is 3.09. The SMILES string of the molecule is Cc1nnc(SCc2c(F)cccc2Cl)c2cc3occc3n12. The molecule has 3 aromatic heterocycles. The maximum Gasteiger partial charge on any atom is 0.152 e. The molecular formula is C16H11ClFN3OS. The standard InChI is InChI=1S/C16H11ClFN3OS/c1-9-19-20-16(14-7-15-13(21(9)14)5-6-22-15)23-8-10-11(17)3-2-4-12(10)18/h2-7H,8H2,1H3. The van der Waals surface area contributed by atoms with E-state index in [1.807, 2.05) is 23.5 Å². The highest BCUT2D eigenvalue weighted by molar-refractivity contribution is 7.98. The maximum atomic E-state index is 13.9. The van der Waals surface area contributed by atoms with Crippen LogP contribution in [0.4, 0.5) is 4.39 Å². The van der Waals surface area contributed by atoms with E-state index in [-0.39, 0.29) is 5.82 Å². The Kier molecular flexibility index (Phi) is 3.50. The minimum atomic E-state index is -0.315. The molecule has 0 bridgehead atoms. The van der Waals surface area contributed by atoms with Crippen molar-refractivity contribution in [2.45, 2.75) is 17.7 Å². The van der Waals surface area contributed by atoms with E-state index in [2.05, 4.69) is 10.2 Å². The van der Waals surface area contributed by atoms with E-state index >= 15 is 0 Å². The van der Waals surface area contributed by atoms with Gasteiger partial charge in [0.2, 0.25) is 0 Å². The molecule has 0 saturated heterocycles. The lowest BCUT2D eigenvalue weighted by molar-refractivity contribution is 0.616. The fraction of sp³-hybridized carbons (Fsp3) is 0.125. The summed E-state index contributed by atoms with van der Waals surface area (Å²) in [5.74, 6) is 0.834. The number of thioether (sulfide) groups is 1. The highest BCUT2D eigenvalue weighted by atomic mass is 35.5. The number of aromatic nitrogens is 3. The normalized spacial score (nSPS) is 11.6. The van der Waals surface area contributed by atoms with E-state index in [0.29, 0.717) is 21.4 Å². The highest BCUT2D eigenvalue weighted by Gasteiger charge is 2.15. The van der Waals surface area contributed by atoms with Crippen molar-refractivity contribution in [3.8, 4) is 0 Å². The van der Waals surface area contributed by atoms with Crippen molar-refractivity contribution in [1.29, 1.82) is 0 Å². The van der Waals surface area contributed by atoms with Crippen LogP contribution in [-0.4, -0.2) is 14.6 Å². The second kappa shape index (κ2) is 5.54. The van der Waals surface area contributed by atoms with Crippen LogP contribution < -0.4 is 0 Å². The predicted molar refractivity (Wildman–Crippen MR) is 88.5 cm³/mol. The monoisotopic (exact) mass is 347 g/mol. The van der Waals surface area contributed by atoms with Crippen molar-refractivity contribution < 1.29 is 8.81 Å². The molecule has 0 N–H and O–H groups in total. The Morgan fingerprint density at radius 2 is 2.13 bits per heavy atom. The van der Waals surface area contributed by atoms with Gasteiger partial charge in [0, 0.05) is 28.5 Å². The Bertz CT molecular complexity index is 1010. The van der Waals surface area contributed by atoms with Crippen LogP contribution in [0.2, 0.25) is 5.02 Å². The molecule has 1 aromatic carbocycles. The number of rotatable bonds is 3. The van der Waals surface area contributed by atoms with Crippen molar-refractivity contribution >= 4 is 40.0 Å². The second-order valence-electron chi connectivity index (χ2n) is 5.08. The van der Waals surface area contributed by atoms with Crippen LogP contribution in [0.25, 0.3) is 16.6 Å². The molecule has 7 heteroatoms. The van der Waals surface area contributed by atoms with E-state index in [9.17, 15) is 4.39 Å². The molecule has 116 valence electrons. The van der Waals surface area contributed by atoms with Gasteiger partial charge in [-0.15, -0.1) is 10.2 Å². The quantitative estimate of drug-likeness (QED) is 0.496. The molecular weight excluding hydrogens is 337 g/mol. The number of furan rings is 1. The van der Waals surface area contributed by atoms with Gasteiger partial charge in [0.05, 0.1) is 17.3 Å². The van der Waals surface area contributed by atoms with Crippen LogP contribution >= 0.6 is 23.4 Å². The number of hydrogen-bond acceptors (Lipinski definition) is 4. The first-order valence-electron chi connectivity index (χ1n) is 6.93. The molecule has 0 fully saturated rings. The summed E-state index contributed by atoms with van der Waals surface area (Å²) in [4.78, 5) is 0. The molecule has 4 nitrogen and oxygen atoms in total. The molecule has 0 radical (unpaired) electrons. The van der Waals surface area contributed by atoms with E-state index in [1.54, 1.807) is 18.4 Å². The Morgan fingerprint density at radius 3 is 2.96 bits per heavy atom. The first-order chi connectivity index (χ1) is 11.1. The highest BCUT2D eigenvalue weighted by Crippen LogP contribution is 2.32. The van der Waals surface area contributed by atoms with Gasteiger partial charge in [-0.25, -0.2) is 4.39 Å². The lowest BCUT2D eigenvalue weighted by Crippen LogP contribution is -2.00. The molecule has 0 aliphatic heterocycles. The van der Waals surface area contributed by atoms with Crippen molar-refractivity contribution in [2.75, 3.05) is 0 Å². The van der Waals surface area contributed by atoms with Crippen molar-refractivity contribution in [1.82, 2.24) is 14.6 Å². The van der Waals surface area contributed by atoms with E-state index < -0.39 is 0 Å². The summed E-state index contributed by atoms with van der Waals surface area (Å²) in [5, 5.41) is 9.55. The Labute approximate surface area is 140 Å². The molecule has 0 saturated carbocycles. The third-order valence-electron chi connectivity index (χ3n) is 3.67. The van der Waals surface area contributed by atoms with Crippen LogP contribution in [-0.2, 0) is 5.75 Å². The maximum absolute atomic E-state index is 13.9. The summed E-state index contributed by atoms with van der Waals surface area (Å²) in [6, 6.07) is 8.49. The van der Waals surface area contributed by atoms with Crippen molar-refractivity contribution in [3.63, 3.8) is 0 Å². The Morgan fingerprint density at radius 1 is 1.26 bits per heavy atom. The van der Waals surface area contributed by atoms with Crippen LogP contribution in [0.1, 0.15) is 11.4 Å². The molecule has 0 aliphatic rings. The number of aryl methyl sites for hydroxylation is 1. The molecule has 23 heavy (non-hydrogen) atoms. The van der Waals surface area contributed by atoms with Gasteiger partial charge in [-0.05, 0) is 19.1 Å². The number of hydrogen-bond donors (Lipinski definition) is 0. The van der Waals surface area contributed by atoms with Crippen LogP contribution in [0.3, 0.4) is 0 Å². The van der Waals surface area contributed by atoms with Crippen LogP contribution in [0.15, 0.2) is 46.0 Å². The lowest BCUT2D eigenvalue weighted by atomic mass is 10.2. The summed E-state index contributed by atoms with van der Waals surface area (Å²) in [6.45, 7) is 1.88. The average molecular weight is 348 g/mol. The molecule has 0 unspecified atom stereocenters. The van der Waals surface area contributed by atoms with Gasteiger partial charge in [-0.2, -0.15) is 0 Å². The van der Waals surface area contributed by atoms with Gasteiger partial charge >= 0.3 is 0 Å². The molecule has 4 aromatic rings. The number of halogens is 2. The topological polar surface area (TPSA) is 43.3 Å². The summed E-state index contributed by atoms with van der Waals surface area (Å²) in [7, 11) is 0. The number of fused-ring (bicyclic) bond motifs is 3. The lowest BCUT2D eigenvalue weighted by Gasteiger charge is -2.07. The van der Waals surface area contributed by atoms with Gasteiger partial charge < -0.3 is 4.42 Å². The Hall–Kier alpha value is -2.05. The molecule has 0 aliphatic carbocycles. The molecule has 0 spiro atoms. The zero-order valence-corrected chi connectivity index (χ0v) is 13.7. The smallest absolute Gasteiger partial charge is 0.152 e. The molecule has 4 rings (SSSR count). The van der Waals surface area contributed by atoms with Gasteiger partial charge in [0.15, 0.2) is 5.58 Å². The van der Waals surface area contributed by atoms with E-state index in [4.69, 9.17) is 16.0 Å². The van der Waals surface area contributed by atoms with Crippen LogP contribution in [0, 0.1) is 12.7 Å². The van der Waals surface area contributed by atoms with Crippen molar-refractivity contribution in [3.05, 3.63) is 58.8 Å². The minimum Gasteiger partial charge on any atom is -0.463 e. The zero-order chi connectivity index (χ0) is 16.0. The van der Waals surface area contributed by atoms with E-state index in [0.717, 1.165) is 22.4 Å². The van der Waals surface area contributed by atoms with Crippen molar-refractivity contribution in [2.24, 2.45) is 0 Å². The van der Waals surface area contributed by atoms with Gasteiger partial charge in [0.1, 0.15) is 16.7 Å². The van der Waals surface area contributed by atoms with Crippen LogP contribution in [0.5, 0.6) is 0 Å². The first-order valence-corrected chi connectivity index (χ1v) is 8.29. The molecule has 0 amide bonds. The van der Waals surface area contributed by atoms with Gasteiger partial charge in [-0.1, -0.05) is 29.4 Å². The third kappa shape index (κ3) is 2.38. The Balaban J connectivity index is 1.76. The van der Waals surface area contributed by atoms with Gasteiger partial charge in [0.25, 0.3) is 0 Å².